The van der Waals surface area contributed by atoms with Gasteiger partial charge in [0.1, 0.15) is 0 Å². The molecule has 210 valence electrons. The van der Waals surface area contributed by atoms with Crippen LogP contribution in [0.2, 0.25) is 0 Å². The second-order valence-corrected chi connectivity index (χ2v) is 10.3. The van der Waals surface area contributed by atoms with Crippen LogP contribution in [0.25, 0.3) is 11.1 Å². The van der Waals surface area contributed by atoms with Gasteiger partial charge in [-0.15, -0.1) is 0 Å². The van der Waals surface area contributed by atoms with Crippen LogP contribution in [0.5, 0.6) is 17.2 Å². The van der Waals surface area contributed by atoms with Gasteiger partial charge in [0.25, 0.3) is 0 Å². The van der Waals surface area contributed by atoms with Crippen LogP contribution in [0.15, 0.2) is 29.1 Å². The van der Waals surface area contributed by atoms with Gasteiger partial charge in [-0.05, 0) is 61.2 Å². The highest BCUT2D eigenvalue weighted by Gasteiger charge is 2.28. The summed E-state index contributed by atoms with van der Waals surface area (Å²) in [5, 5.41) is 6.83. The summed E-state index contributed by atoms with van der Waals surface area (Å²) in [6.45, 7) is 3.07. The van der Waals surface area contributed by atoms with Gasteiger partial charge in [0.2, 0.25) is 11.2 Å². The number of anilines is 1. The number of nitrogens with one attached hydrogen (secondary N) is 2. The third-order valence-electron chi connectivity index (χ3n) is 7.73. The molecular formula is C32H48N2O4. The number of fused-ring (bicyclic) bond motifs is 3. The van der Waals surface area contributed by atoms with Crippen LogP contribution < -0.4 is 30.3 Å². The Bertz CT molecular complexity index is 1090. The van der Waals surface area contributed by atoms with Crippen LogP contribution in [0, 0.1) is 0 Å². The number of aryl methyl sites for hydroxylation is 1. The van der Waals surface area contributed by atoms with Gasteiger partial charge in [0.05, 0.1) is 27.0 Å². The summed E-state index contributed by atoms with van der Waals surface area (Å²) < 4.78 is 17.2. The average molecular weight is 525 g/mol. The van der Waals surface area contributed by atoms with E-state index in [0.717, 1.165) is 48.1 Å². The molecule has 0 radical (unpaired) electrons. The smallest absolute Gasteiger partial charge is 0.203 e. The molecule has 6 heteroatoms. The second-order valence-electron chi connectivity index (χ2n) is 10.3. The Morgan fingerprint density at radius 2 is 1.50 bits per heavy atom. The predicted molar refractivity (Wildman–Crippen MR) is 158 cm³/mol. The molecule has 1 atom stereocenters. The first kappa shape index (κ1) is 29.8. The van der Waals surface area contributed by atoms with Crippen molar-refractivity contribution in [3.63, 3.8) is 0 Å². The van der Waals surface area contributed by atoms with Gasteiger partial charge in [-0.3, -0.25) is 4.79 Å². The van der Waals surface area contributed by atoms with Crippen LogP contribution in [0.3, 0.4) is 0 Å². The van der Waals surface area contributed by atoms with E-state index in [4.69, 9.17) is 14.2 Å². The molecule has 1 aliphatic rings. The summed E-state index contributed by atoms with van der Waals surface area (Å²) in [7, 11) is 6.86. The minimum absolute atomic E-state index is 0.0153. The Labute approximate surface area is 229 Å². The number of benzene rings is 1. The summed E-state index contributed by atoms with van der Waals surface area (Å²) >= 11 is 0. The number of ether oxygens (including phenoxy) is 3. The molecule has 2 aromatic carbocycles. The number of rotatable bonds is 16. The van der Waals surface area contributed by atoms with Crippen molar-refractivity contribution in [3.8, 4) is 28.4 Å². The molecule has 6 nitrogen and oxygen atoms in total. The lowest BCUT2D eigenvalue weighted by Crippen LogP contribution is -2.18. The molecule has 0 saturated heterocycles. The molecule has 0 amide bonds. The molecule has 38 heavy (non-hydrogen) atoms. The fourth-order valence-electron chi connectivity index (χ4n) is 5.59. The fourth-order valence-corrected chi connectivity index (χ4v) is 5.59. The summed E-state index contributed by atoms with van der Waals surface area (Å²) in [4.78, 5) is 13.3. The van der Waals surface area contributed by atoms with E-state index in [-0.39, 0.29) is 11.5 Å². The van der Waals surface area contributed by atoms with Gasteiger partial charge < -0.3 is 24.8 Å². The molecule has 0 fully saturated rings. The average Bonchev–Trinajstić information content (AvgIpc) is 3.18. The maximum Gasteiger partial charge on any atom is 0.203 e. The van der Waals surface area contributed by atoms with Crippen LogP contribution >= 0.6 is 0 Å². The van der Waals surface area contributed by atoms with E-state index in [9.17, 15) is 4.79 Å². The standard InChI is InChI=1S/C32H48N2O4/c1-6-7-8-9-10-11-12-13-14-15-20-34-27-19-17-24-25(22-28(27)35)26(33-2)18-16-23-21-29(36-3)31(37-4)32(38-5)30(23)24/h17,19,21-22,26,33H,6-16,18,20H2,1-5H3,(H,34,35). The Hall–Kier alpha value is -2.73. The molecule has 2 aromatic rings. The van der Waals surface area contributed by atoms with E-state index in [2.05, 4.69) is 23.6 Å². The minimum Gasteiger partial charge on any atom is -0.493 e. The zero-order valence-electron chi connectivity index (χ0n) is 24.2. The molecule has 3 rings (SSSR count). The third-order valence-corrected chi connectivity index (χ3v) is 7.73. The van der Waals surface area contributed by atoms with Gasteiger partial charge in [-0.2, -0.15) is 0 Å². The summed E-state index contributed by atoms with van der Waals surface area (Å²) in [5.74, 6) is 1.85. The Morgan fingerprint density at radius 1 is 0.842 bits per heavy atom. The molecule has 0 heterocycles. The van der Waals surface area contributed by atoms with Crippen molar-refractivity contribution in [2.45, 2.75) is 90.0 Å². The van der Waals surface area contributed by atoms with E-state index in [1.165, 1.54) is 57.8 Å². The first-order valence-electron chi connectivity index (χ1n) is 14.5. The van der Waals surface area contributed by atoms with Crippen molar-refractivity contribution < 1.29 is 14.2 Å². The largest absolute Gasteiger partial charge is 0.493 e. The van der Waals surface area contributed by atoms with E-state index >= 15 is 0 Å². The summed E-state index contributed by atoms with van der Waals surface area (Å²) in [5.41, 5.74) is 4.71. The first-order chi connectivity index (χ1) is 18.6. The quantitative estimate of drug-likeness (QED) is 0.225. The van der Waals surface area contributed by atoms with Crippen LogP contribution in [-0.4, -0.2) is 34.9 Å². The van der Waals surface area contributed by atoms with E-state index in [1.54, 1.807) is 27.4 Å². The molecule has 2 N–H and O–H groups in total. The molecule has 0 saturated carbocycles. The monoisotopic (exact) mass is 524 g/mol. The van der Waals surface area contributed by atoms with Crippen LogP contribution in [0.1, 0.15) is 94.7 Å². The predicted octanol–water partition coefficient (Wildman–Crippen LogP) is 7.28. The highest BCUT2D eigenvalue weighted by molar-refractivity contribution is 5.83. The van der Waals surface area contributed by atoms with E-state index in [1.807, 2.05) is 19.2 Å². The van der Waals surface area contributed by atoms with E-state index < -0.39 is 0 Å². The van der Waals surface area contributed by atoms with Gasteiger partial charge in [0.15, 0.2) is 11.5 Å². The number of unbranched alkanes of at least 4 members (excludes halogenated alkanes) is 9. The van der Waals surface area contributed by atoms with Gasteiger partial charge in [-0.1, -0.05) is 70.8 Å². The van der Waals surface area contributed by atoms with Crippen molar-refractivity contribution in [2.75, 3.05) is 40.2 Å². The molecule has 0 spiro atoms. The van der Waals surface area contributed by atoms with Crippen LogP contribution in [0.4, 0.5) is 5.69 Å². The van der Waals surface area contributed by atoms with Crippen molar-refractivity contribution in [3.05, 3.63) is 45.6 Å². The zero-order chi connectivity index (χ0) is 27.3. The molecule has 0 aliphatic heterocycles. The van der Waals surface area contributed by atoms with Gasteiger partial charge in [0, 0.05) is 18.2 Å². The first-order valence-corrected chi connectivity index (χ1v) is 14.5. The highest BCUT2D eigenvalue weighted by atomic mass is 16.5. The van der Waals surface area contributed by atoms with Crippen LogP contribution in [-0.2, 0) is 6.42 Å². The lowest BCUT2D eigenvalue weighted by atomic mass is 9.95. The molecule has 0 bridgehead atoms. The fraction of sp³-hybridized carbons (Fsp3) is 0.594. The summed E-state index contributed by atoms with van der Waals surface area (Å²) in [6.07, 6.45) is 14.7. The van der Waals surface area contributed by atoms with Crippen molar-refractivity contribution in [1.29, 1.82) is 0 Å². The SMILES string of the molecule is CCCCCCCCCCCCNc1ccc2c(cc1=O)C(NC)CCc1cc(OC)c(OC)c(OC)c1-2. The minimum atomic E-state index is 0.0153. The van der Waals surface area contributed by atoms with Gasteiger partial charge in [-0.25, -0.2) is 0 Å². The number of methoxy groups -OCH3 is 3. The molecule has 1 unspecified atom stereocenters. The topological polar surface area (TPSA) is 68.8 Å². The summed E-state index contributed by atoms with van der Waals surface area (Å²) in [6, 6.07) is 7.86. The Morgan fingerprint density at radius 3 is 2.11 bits per heavy atom. The van der Waals surface area contributed by atoms with Gasteiger partial charge >= 0.3 is 0 Å². The highest BCUT2D eigenvalue weighted by Crippen LogP contribution is 2.50. The second kappa shape index (κ2) is 15.6. The zero-order valence-corrected chi connectivity index (χ0v) is 24.2. The Balaban J connectivity index is 1.76. The number of hydrogen-bond acceptors (Lipinski definition) is 6. The molecule has 1 aliphatic carbocycles. The van der Waals surface area contributed by atoms with Crippen molar-refractivity contribution in [1.82, 2.24) is 5.32 Å². The lowest BCUT2D eigenvalue weighted by molar-refractivity contribution is 0.324. The van der Waals surface area contributed by atoms with E-state index in [0.29, 0.717) is 22.9 Å². The third kappa shape index (κ3) is 7.43. The molecule has 0 aromatic heterocycles. The van der Waals surface area contributed by atoms with Crippen molar-refractivity contribution in [2.24, 2.45) is 0 Å². The Kier molecular flexibility index (Phi) is 12.3. The maximum atomic E-state index is 13.3. The normalized spacial score (nSPS) is 14.3. The lowest BCUT2D eigenvalue weighted by Gasteiger charge is -2.19. The van der Waals surface area contributed by atoms with Crippen molar-refractivity contribution >= 4 is 5.69 Å². The molecular weight excluding hydrogens is 476 g/mol. The number of hydrogen-bond donors (Lipinski definition) is 2. The maximum absolute atomic E-state index is 13.3.